The topological polar surface area (TPSA) is 85.0 Å². The van der Waals surface area contributed by atoms with Crippen molar-refractivity contribution in [3.8, 4) is 0 Å². The van der Waals surface area contributed by atoms with Gasteiger partial charge in [-0.3, -0.25) is 19.3 Å². The van der Waals surface area contributed by atoms with Gasteiger partial charge in [-0.25, -0.2) is 0 Å². The maximum atomic E-state index is 14.0. The Hall–Kier alpha value is -2.94. The van der Waals surface area contributed by atoms with Gasteiger partial charge in [0.15, 0.2) is 0 Å². The van der Waals surface area contributed by atoms with Crippen LogP contribution in [0.2, 0.25) is 5.02 Å². The van der Waals surface area contributed by atoms with E-state index in [0.29, 0.717) is 42.9 Å². The van der Waals surface area contributed by atoms with Gasteiger partial charge in [-0.15, -0.1) is 0 Å². The zero-order valence-corrected chi connectivity index (χ0v) is 26.4. The number of benzene rings is 2. The van der Waals surface area contributed by atoms with Crippen LogP contribution in [0.5, 0.6) is 0 Å². The van der Waals surface area contributed by atoms with Gasteiger partial charge >= 0.3 is 0 Å². The summed E-state index contributed by atoms with van der Waals surface area (Å²) < 4.78 is 0. The van der Waals surface area contributed by atoms with Crippen LogP contribution in [0.15, 0.2) is 48.5 Å². The van der Waals surface area contributed by atoms with Crippen molar-refractivity contribution in [2.24, 2.45) is 5.92 Å². The molecule has 4 aliphatic rings. The Morgan fingerprint density at radius 2 is 1.68 bits per heavy atom. The zero-order valence-electron chi connectivity index (χ0n) is 25.7. The van der Waals surface area contributed by atoms with E-state index in [1.807, 2.05) is 41.3 Å². The van der Waals surface area contributed by atoms with Gasteiger partial charge in [-0.05, 0) is 54.0 Å². The lowest BCUT2D eigenvalue weighted by molar-refractivity contribution is -0.138. The Morgan fingerprint density at radius 3 is 2.41 bits per heavy atom. The van der Waals surface area contributed by atoms with E-state index in [1.165, 1.54) is 37.7 Å². The normalized spacial score (nSPS) is 22.6. The van der Waals surface area contributed by atoms with Crippen molar-refractivity contribution in [1.29, 1.82) is 0 Å². The zero-order chi connectivity index (χ0) is 30.5. The fourth-order valence-electron chi connectivity index (χ4n) is 7.75. The minimum Gasteiger partial charge on any atom is -0.344 e. The molecule has 9 heteroatoms. The molecular weight excluding hydrogens is 574 g/mol. The Kier molecular flexibility index (Phi) is 10.2. The van der Waals surface area contributed by atoms with E-state index >= 15 is 0 Å². The number of halogens is 1. The first-order valence-corrected chi connectivity index (χ1v) is 17.0. The highest BCUT2D eigenvalue weighted by atomic mass is 35.5. The van der Waals surface area contributed by atoms with Crippen molar-refractivity contribution in [1.82, 2.24) is 25.3 Å². The minimum atomic E-state index is -0.650. The predicted molar refractivity (Wildman–Crippen MR) is 172 cm³/mol. The monoisotopic (exact) mass is 619 g/mol. The maximum absolute atomic E-state index is 14.0. The van der Waals surface area contributed by atoms with Crippen molar-refractivity contribution >= 4 is 29.3 Å². The van der Waals surface area contributed by atoms with Gasteiger partial charge in [-0.2, -0.15) is 0 Å². The van der Waals surface area contributed by atoms with Crippen LogP contribution in [-0.4, -0.2) is 83.8 Å². The lowest BCUT2D eigenvalue weighted by atomic mass is 9.82. The molecule has 3 heterocycles. The summed E-state index contributed by atoms with van der Waals surface area (Å²) in [5, 5.41) is 7.20. The largest absolute Gasteiger partial charge is 0.344 e. The second-order valence-electron chi connectivity index (χ2n) is 13.1. The van der Waals surface area contributed by atoms with Gasteiger partial charge in [0.05, 0.1) is 0 Å². The van der Waals surface area contributed by atoms with E-state index < -0.39 is 6.04 Å². The average Bonchev–Trinajstić information content (AvgIpc) is 3.66. The second-order valence-corrected chi connectivity index (χ2v) is 13.5. The molecule has 1 aliphatic carbocycles. The number of hydrogen-bond acceptors (Lipinski definition) is 5. The molecule has 6 rings (SSSR count). The van der Waals surface area contributed by atoms with Gasteiger partial charge in [0, 0.05) is 82.2 Å². The van der Waals surface area contributed by atoms with Crippen LogP contribution in [0.1, 0.15) is 74.1 Å². The molecule has 3 aliphatic heterocycles. The number of carbonyl (C=O) groups excluding carboxylic acids is 3. The first-order chi connectivity index (χ1) is 21.4. The summed E-state index contributed by atoms with van der Waals surface area (Å²) in [7, 11) is 0. The van der Waals surface area contributed by atoms with E-state index in [9.17, 15) is 14.4 Å². The molecule has 2 aromatic carbocycles. The summed E-state index contributed by atoms with van der Waals surface area (Å²) in [6.45, 7) is 5.26. The number of piperazine rings is 1. The van der Waals surface area contributed by atoms with Crippen molar-refractivity contribution in [3.05, 3.63) is 70.2 Å². The Bertz CT molecular complexity index is 1310. The van der Waals surface area contributed by atoms with Gasteiger partial charge < -0.3 is 20.4 Å². The molecule has 0 spiro atoms. The molecule has 2 aromatic rings. The number of amides is 3. The third-order valence-electron chi connectivity index (χ3n) is 10.2. The molecule has 0 aromatic heterocycles. The highest BCUT2D eigenvalue weighted by molar-refractivity contribution is 6.30. The second kappa shape index (κ2) is 14.4. The lowest BCUT2D eigenvalue weighted by Gasteiger charge is -2.45. The first kappa shape index (κ1) is 31.1. The standard InChI is InChI=1S/C35H46ClN5O3/c36-28-14-12-25(13-15-28)21-31(38-33(42)22-30-29-10-5-4-9-27(29)23-37-30)35(44)40-19-17-39(18-20-40)32(26-7-2-1-3-8-26)24-41-16-6-11-34(41)43/h4-5,9-10,12-15,26,30-32,37H,1-3,6-8,11,16-24H2,(H,38,42). The molecular formula is C35H46ClN5O3. The maximum Gasteiger partial charge on any atom is 0.245 e. The summed E-state index contributed by atoms with van der Waals surface area (Å²) in [5.41, 5.74) is 3.34. The quantitative estimate of drug-likeness (QED) is 0.414. The van der Waals surface area contributed by atoms with Gasteiger partial charge in [0.1, 0.15) is 6.04 Å². The molecule has 2 N–H and O–H groups in total. The van der Waals surface area contributed by atoms with Gasteiger partial charge in [0.2, 0.25) is 17.7 Å². The van der Waals surface area contributed by atoms with E-state index in [0.717, 1.165) is 50.3 Å². The number of hydrogen-bond donors (Lipinski definition) is 2. The molecule has 44 heavy (non-hydrogen) atoms. The van der Waals surface area contributed by atoms with Crippen molar-refractivity contribution in [2.75, 3.05) is 39.3 Å². The molecule has 3 fully saturated rings. The third kappa shape index (κ3) is 7.47. The number of likely N-dealkylation sites (tertiary alicyclic amines) is 1. The molecule has 3 atom stereocenters. The fraction of sp³-hybridized carbons (Fsp3) is 0.571. The summed E-state index contributed by atoms with van der Waals surface area (Å²) in [6.07, 6.45) is 8.61. The molecule has 1 saturated carbocycles. The van der Waals surface area contributed by atoms with E-state index in [2.05, 4.69) is 32.6 Å². The van der Waals surface area contributed by atoms with Crippen LogP contribution in [0, 0.1) is 5.92 Å². The van der Waals surface area contributed by atoms with Gasteiger partial charge in [-0.1, -0.05) is 67.3 Å². The summed E-state index contributed by atoms with van der Waals surface area (Å²) in [4.78, 5) is 46.5. The van der Waals surface area contributed by atoms with Crippen LogP contribution in [0.4, 0.5) is 0 Å². The number of nitrogens with zero attached hydrogens (tertiary/aromatic N) is 3. The SMILES string of the molecule is O=C(CC1NCc2ccccc21)NC(Cc1ccc(Cl)cc1)C(=O)N1CCN(C(CN2CCCC2=O)C2CCCCC2)CC1. The molecule has 236 valence electrons. The summed E-state index contributed by atoms with van der Waals surface area (Å²) >= 11 is 6.13. The van der Waals surface area contributed by atoms with E-state index in [1.54, 1.807) is 0 Å². The minimum absolute atomic E-state index is 0.0309. The predicted octanol–water partition coefficient (Wildman–Crippen LogP) is 4.32. The highest BCUT2D eigenvalue weighted by Gasteiger charge is 2.36. The first-order valence-electron chi connectivity index (χ1n) is 16.6. The van der Waals surface area contributed by atoms with Crippen LogP contribution >= 0.6 is 11.6 Å². The molecule has 3 amide bonds. The Balaban J connectivity index is 1.11. The number of fused-ring (bicyclic) bond motifs is 1. The van der Waals surface area contributed by atoms with Crippen LogP contribution in [-0.2, 0) is 27.3 Å². The van der Waals surface area contributed by atoms with Crippen LogP contribution in [0.25, 0.3) is 0 Å². The molecule has 3 unspecified atom stereocenters. The Morgan fingerprint density at radius 1 is 0.932 bits per heavy atom. The van der Waals surface area contributed by atoms with E-state index in [4.69, 9.17) is 11.6 Å². The summed E-state index contributed by atoms with van der Waals surface area (Å²) in [5.74, 6) is 0.733. The average molecular weight is 620 g/mol. The number of rotatable bonds is 10. The molecule has 0 bridgehead atoms. The number of carbonyl (C=O) groups is 3. The highest BCUT2D eigenvalue weighted by Crippen LogP contribution is 2.31. The van der Waals surface area contributed by atoms with Gasteiger partial charge in [0.25, 0.3) is 0 Å². The molecule has 2 saturated heterocycles. The molecule has 0 radical (unpaired) electrons. The van der Waals surface area contributed by atoms with Crippen molar-refractivity contribution < 1.29 is 14.4 Å². The smallest absolute Gasteiger partial charge is 0.245 e. The van der Waals surface area contributed by atoms with Crippen LogP contribution in [0.3, 0.4) is 0 Å². The summed E-state index contributed by atoms with van der Waals surface area (Å²) in [6, 6.07) is 15.3. The van der Waals surface area contributed by atoms with Crippen molar-refractivity contribution in [3.63, 3.8) is 0 Å². The fourth-order valence-corrected chi connectivity index (χ4v) is 7.88. The lowest BCUT2D eigenvalue weighted by Crippen LogP contribution is -2.59. The Labute approximate surface area is 266 Å². The van der Waals surface area contributed by atoms with E-state index in [-0.39, 0.29) is 30.2 Å². The molecule has 8 nitrogen and oxygen atoms in total. The third-order valence-corrected chi connectivity index (χ3v) is 10.5. The van der Waals surface area contributed by atoms with Crippen LogP contribution < -0.4 is 10.6 Å². The van der Waals surface area contributed by atoms with Crippen molar-refractivity contribution in [2.45, 2.75) is 82.5 Å². The number of nitrogens with one attached hydrogen (secondary N) is 2.